The van der Waals surface area contributed by atoms with Crippen molar-refractivity contribution in [2.24, 2.45) is 0 Å². The van der Waals surface area contributed by atoms with Gasteiger partial charge in [0.15, 0.2) is 5.54 Å². The molecule has 0 spiro atoms. The fourth-order valence-electron chi connectivity index (χ4n) is 3.38. The molecule has 1 amide bonds. The lowest BCUT2D eigenvalue weighted by Gasteiger charge is -2.38. The van der Waals surface area contributed by atoms with Gasteiger partial charge < -0.3 is 15.2 Å². The maximum atomic E-state index is 12.3. The van der Waals surface area contributed by atoms with Gasteiger partial charge in [0.2, 0.25) is 0 Å². The number of carboxylic acid groups (broad SMARTS) is 1. The molecule has 130 valence electrons. The first kappa shape index (κ1) is 17.0. The second-order valence-corrected chi connectivity index (χ2v) is 6.42. The van der Waals surface area contributed by atoms with Gasteiger partial charge in [-0.2, -0.15) is 0 Å². The first-order chi connectivity index (χ1) is 12.0. The van der Waals surface area contributed by atoms with Crippen LogP contribution in [0.3, 0.4) is 0 Å². The zero-order chi connectivity index (χ0) is 17.9. The van der Waals surface area contributed by atoms with Crippen molar-refractivity contribution in [2.45, 2.75) is 37.8 Å². The Hall–Kier alpha value is -2.82. The van der Waals surface area contributed by atoms with Gasteiger partial charge in [-0.3, -0.25) is 0 Å². The number of hydrogen-bond donors (Lipinski definition) is 2. The van der Waals surface area contributed by atoms with Crippen molar-refractivity contribution >= 4 is 12.1 Å². The highest BCUT2D eigenvalue weighted by Crippen LogP contribution is 2.41. The van der Waals surface area contributed by atoms with Gasteiger partial charge in [0.05, 0.1) is 0 Å². The third kappa shape index (κ3) is 3.36. The van der Waals surface area contributed by atoms with E-state index >= 15 is 0 Å². The number of nitrogens with one attached hydrogen (secondary N) is 1. The zero-order valence-electron chi connectivity index (χ0n) is 14.1. The van der Waals surface area contributed by atoms with Crippen LogP contribution in [0.5, 0.6) is 0 Å². The average Bonchev–Trinajstić information content (AvgIpc) is 2.63. The molecule has 0 radical (unpaired) electrons. The summed E-state index contributed by atoms with van der Waals surface area (Å²) in [5.74, 6) is -0.811. The van der Waals surface area contributed by atoms with E-state index in [1.165, 1.54) is 0 Å². The lowest BCUT2D eigenvalue weighted by molar-refractivity contribution is -0.146. The molecule has 2 unspecified atom stereocenters. The van der Waals surface area contributed by atoms with Crippen molar-refractivity contribution < 1.29 is 19.4 Å². The molecule has 5 nitrogen and oxygen atoms in total. The maximum absolute atomic E-state index is 12.3. The Morgan fingerprint density at radius 1 is 1.16 bits per heavy atom. The molecule has 2 aromatic rings. The number of hydrogen-bond acceptors (Lipinski definition) is 3. The maximum Gasteiger partial charge on any atom is 0.408 e. The molecule has 0 fully saturated rings. The second-order valence-electron chi connectivity index (χ2n) is 6.42. The van der Waals surface area contributed by atoms with Crippen LogP contribution >= 0.6 is 0 Å². The summed E-state index contributed by atoms with van der Waals surface area (Å²) in [5, 5.41) is 12.5. The van der Waals surface area contributed by atoms with E-state index in [2.05, 4.69) is 12.2 Å². The van der Waals surface area contributed by atoms with Crippen LogP contribution in [0.2, 0.25) is 0 Å². The van der Waals surface area contributed by atoms with Crippen molar-refractivity contribution in [2.75, 3.05) is 0 Å². The number of carbonyl (C=O) groups is 2. The predicted molar refractivity (Wildman–Crippen MR) is 93.2 cm³/mol. The highest BCUT2D eigenvalue weighted by atomic mass is 16.5. The predicted octanol–water partition coefficient (Wildman–Crippen LogP) is 3.79. The molecule has 0 bridgehead atoms. The summed E-state index contributed by atoms with van der Waals surface area (Å²) in [7, 11) is 0. The second kappa shape index (κ2) is 6.97. The fraction of sp³-hybridized carbons (Fsp3) is 0.300. The minimum Gasteiger partial charge on any atom is -0.479 e. The average molecular weight is 339 g/mol. The first-order valence-electron chi connectivity index (χ1n) is 8.34. The number of alkyl carbamates (subject to hydrolysis) is 1. The van der Waals surface area contributed by atoms with Crippen LogP contribution in [0, 0.1) is 0 Å². The smallest absolute Gasteiger partial charge is 0.408 e. The van der Waals surface area contributed by atoms with E-state index in [4.69, 9.17) is 4.74 Å². The van der Waals surface area contributed by atoms with Gasteiger partial charge in [0.1, 0.15) is 6.61 Å². The summed E-state index contributed by atoms with van der Waals surface area (Å²) in [6, 6.07) is 16.7. The summed E-state index contributed by atoms with van der Waals surface area (Å²) in [4.78, 5) is 24.4. The molecule has 0 saturated heterocycles. The number of benzene rings is 2. The molecule has 1 aliphatic rings. The number of carboxylic acids is 1. The highest BCUT2D eigenvalue weighted by molar-refractivity contribution is 5.86. The number of rotatable bonds is 4. The van der Waals surface area contributed by atoms with Gasteiger partial charge in [-0.1, -0.05) is 61.5 Å². The summed E-state index contributed by atoms with van der Waals surface area (Å²) in [6.07, 6.45) is 0.291. The van der Waals surface area contributed by atoms with Crippen molar-refractivity contribution in [3.8, 4) is 0 Å². The summed E-state index contributed by atoms with van der Waals surface area (Å²) < 4.78 is 5.23. The van der Waals surface area contributed by atoms with E-state index in [0.29, 0.717) is 18.4 Å². The standard InChI is InChI=1S/C20H21NO4/c1-14-11-12-20(18(22)23,17-10-6-5-9-16(14)17)21-19(24)25-13-15-7-3-2-4-8-15/h2-10,14H,11-13H2,1H3,(H,21,24)(H,22,23). The number of carbonyl (C=O) groups excluding carboxylic acids is 1. The number of ether oxygens (including phenoxy) is 1. The molecule has 2 N–H and O–H groups in total. The summed E-state index contributed by atoms with van der Waals surface area (Å²) in [6.45, 7) is 2.17. The first-order valence-corrected chi connectivity index (χ1v) is 8.34. The van der Waals surface area contributed by atoms with Crippen molar-refractivity contribution in [1.82, 2.24) is 5.32 Å². The third-order valence-corrected chi connectivity index (χ3v) is 4.80. The minimum absolute atomic E-state index is 0.0976. The quantitative estimate of drug-likeness (QED) is 0.888. The van der Waals surface area contributed by atoms with Gasteiger partial charge in [0.25, 0.3) is 0 Å². The molecule has 25 heavy (non-hydrogen) atoms. The molecule has 0 saturated carbocycles. The van der Waals surface area contributed by atoms with E-state index in [0.717, 1.165) is 11.1 Å². The molecular formula is C20H21NO4. The largest absolute Gasteiger partial charge is 0.479 e. The Kier molecular flexibility index (Phi) is 4.74. The Bertz CT molecular complexity index is 774. The number of amides is 1. The number of aliphatic carboxylic acids is 1. The zero-order valence-corrected chi connectivity index (χ0v) is 14.1. The molecule has 1 aliphatic carbocycles. The van der Waals surface area contributed by atoms with E-state index in [1.54, 1.807) is 12.1 Å². The molecular weight excluding hydrogens is 318 g/mol. The van der Waals surface area contributed by atoms with Crippen LogP contribution < -0.4 is 5.32 Å². The Balaban J connectivity index is 1.81. The highest BCUT2D eigenvalue weighted by Gasteiger charge is 2.46. The topological polar surface area (TPSA) is 75.6 Å². The SMILES string of the molecule is CC1CCC(NC(=O)OCc2ccccc2)(C(=O)O)c2ccccc21. The van der Waals surface area contributed by atoms with Crippen LogP contribution in [0.25, 0.3) is 0 Å². The van der Waals surface area contributed by atoms with Gasteiger partial charge in [0, 0.05) is 0 Å². The van der Waals surface area contributed by atoms with Crippen molar-refractivity contribution in [3.63, 3.8) is 0 Å². The molecule has 0 aliphatic heterocycles. The summed E-state index contributed by atoms with van der Waals surface area (Å²) >= 11 is 0. The lowest BCUT2D eigenvalue weighted by atomic mass is 9.72. The molecule has 5 heteroatoms. The van der Waals surface area contributed by atoms with Crippen molar-refractivity contribution in [3.05, 3.63) is 71.3 Å². The van der Waals surface area contributed by atoms with Crippen molar-refractivity contribution in [1.29, 1.82) is 0 Å². The third-order valence-electron chi connectivity index (χ3n) is 4.80. The van der Waals surface area contributed by atoms with E-state index < -0.39 is 17.6 Å². The van der Waals surface area contributed by atoms with E-state index in [-0.39, 0.29) is 12.5 Å². The minimum atomic E-state index is -1.45. The van der Waals surface area contributed by atoms with Crippen LogP contribution in [-0.4, -0.2) is 17.2 Å². The van der Waals surface area contributed by atoms with Crippen LogP contribution in [-0.2, 0) is 21.7 Å². The molecule has 2 atom stereocenters. The van der Waals surface area contributed by atoms with E-state index in [1.807, 2.05) is 42.5 Å². The monoisotopic (exact) mass is 339 g/mol. The van der Waals surface area contributed by atoms with Crippen LogP contribution in [0.4, 0.5) is 4.79 Å². The van der Waals surface area contributed by atoms with Crippen LogP contribution in [0.15, 0.2) is 54.6 Å². The Morgan fingerprint density at radius 2 is 1.84 bits per heavy atom. The normalized spacial score (nSPS) is 21.9. The molecule has 2 aromatic carbocycles. The van der Waals surface area contributed by atoms with Crippen LogP contribution in [0.1, 0.15) is 42.4 Å². The van der Waals surface area contributed by atoms with E-state index in [9.17, 15) is 14.7 Å². The lowest BCUT2D eigenvalue weighted by Crippen LogP contribution is -2.54. The van der Waals surface area contributed by atoms with Gasteiger partial charge in [-0.05, 0) is 35.4 Å². The van der Waals surface area contributed by atoms with Gasteiger partial charge >= 0.3 is 12.1 Å². The van der Waals surface area contributed by atoms with Gasteiger partial charge in [-0.15, -0.1) is 0 Å². The molecule has 0 heterocycles. The number of fused-ring (bicyclic) bond motifs is 1. The molecule has 0 aromatic heterocycles. The molecule has 3 rings (SSSR count). The Labute approximate surface area is 146 Å². The van der Waals surface area contributed by atoms with Gasteiger partial charge in [-0.25, -0.2) is 9.59 Å². The fourth-order valence-corrected chi connectivity index (χ4v) is 3.38. The summed E-state index contributed by atoms with van der Waals surface area (Å²) in [5.41, 5.74) is 0.994. The Morgan fingerprint density at radius 3 is 2.56 bits per heavy atom.